The van der Waals surface area contributed by atoms with E-state index in [4.69, 9.17) is 16.3 Å². The molecule has 3 N–H and O–H groups in total. The molecule has 0 atom stereocenters. The van der Waals surface area contributed by atoms with Crippen molar-refractivity contribution in [3.8, 4) is 0 Å². The van der Waals surface area contributed by atoms with Crippen molar-refractivity contribution in [1.82, 2.24) is 10.6 Å². The van der Waals surface area contributed by atoms with Gasteiger partial charge in [-0.05, 0) is 50.6 Å². The normalized spacial score (nSPS) is 10.9. The number of rotatable bonds is 7. The minimum atomic E-state index is -0.703. The molecular formula is C22H25ClFN3O4. The maximum atomic E-state index is 13.8. The summed E-state index contributed by atoms with van der Waals surface area (Å²) in [6.07, 6.45) is -0.528. The second-order valence-corrected chi connectivity index (χ2v) is 8.11. The summed E-state index contributed by atoms with van der Waals surface area (Å²) in [5, 5.41) is 7.86. The summed E-state index contributed by atoms with van der Waals surface area (Å²) in [7, 11) is 0. The van der Waals surface area contributed by atoms with E-state index in [9.17, 15) is 18.8 Å². The van der Waals surface area contributed by atoms with Gasteiger partial charge in [0, 0.05) is 25.2 Å². The number of nitrogens with one attached hydrogen (secondary N) is 3. The van der Waals surface area contributed by atoms with Crippen LogP contribution in [0.2, 0.25) is 5.02 Å². The lowest BCUT2D eigenvalue weighted by atomic mass is 10.1. The molecule has 0 radical (unpaired) electrons. The van der Waals surface area contributed by atoms with E-state index in [0.29, 0.717) is 11.3 Å². The number of carbonyl (C=O) groups is 3. The standard InChI is InChI=1S/C22H25ClFN3O4/c1-22(2,3)31-21(30)25-11-10-18(28)27-15-7-4-6-14(12-15)13-26-20(29)19-16(23)8-5-9-17(19)24/h4-9,12H,10-11,13H2,1-3H3,(H,25,30)(H,26,29)(H,27,28). The van der Waals surface area contributed by atoms with Crippen LogP contribution in [-0.2, 0) is 16.1 Å². The third-order valence-electron chi connectivity index (χ3n) is 3.87. The lowest BCUT2D eigenvalue weighted by molar-refractivity contribution is -0.116. The first-order valence-corrected chi connectivity index (χ1v) is 10.0. The van der Waals surface area contributed by atoms with Crippen LogP contribution in [-0.4, -0.2) is 30.1 Å². The zero-order valence-electron chi connectivity index (χ0n) is 17.6. The van der Waals surface area contributed by atoms with Crippen LogP contribution >= 0.6 is 11.6 Å². The van der Waals surface area contributed by atoms with Gasteiger partial charge in [-0.25, -0.2) is 9.18 Å². The Bertz CT molecular complexity index is 940. The van der Waals surface area contributed by atoms with Crippen LogP contribution in [0.25, 0.3) is 0 Å². The molecule has 0 aliphatic heterocycles. The molecular weight excluding hydrogens is 425 g/mol. The molecule has 0 unspecified atom stereocenters. The number of halogens is 2. The second kappa shape index (κ2) is 10.8. The smallest absolute Gasteiger partial charge is 0.407 e. The Hall–Kier alpha value is -3.13. The van der Waals surface area contributed by atoms with E-state index in [2.05, 4.69) is 16.0 Å². The Morgan fingerprint density at radius 1 is 1.06 bits per heavy atom. The van der Waals surface area contributed by atoms with Gasteiger partial charge in [0.25, 0.3) is 5.91 Å². The number of ether oxygens (including phenoxy) is 1. The highest BCUT2D eigenvalue weighted by atomic mass is 35.5. The average Bonchev–Trinajstić information content (AvgIpc) is 2.65. The molecule has 0 aliphatic carbocycles. The molecule has 9 heteroatoms. The van der Waals surface area contributed by atoms with E-state index in [0.717, 1.165) is 6.07 Å². The molecule has 2 rings (SSSR count). The van der Waals surface area contributed by atoms with Crippen LogP contribution in [0, 0.1) is 5.82 Å². The Labute approximate surface area is 185 Å². The van der Waals surface area contributed by atoms with Gasteiger partial charge in [-0.1, -0.05) is 29.8 Å². The number of benzene rings is 2. The van der Waals surface area contributed by atoms with Gasteiger partial charge >= 0.3 is 6.09 Å². The summed E-state index contributed by atoms with van der Waals surface area (Å²) in [4.78, 5) is 35.9. The van der Waals surface area contributed by atoms with Crippen molar-refractivity contribution in [3.05, 3.63) is 64.4 Å². The fourth-order valence-corrected chi connectivity index (χ4v) is 2.81. The molecule has 0 aromatic heterocycles. The summed E-state index contributed by atoms with van der Waals surface area (Å²) in [6.45, 7) is 5.49. The molecule has 0 saturated heterocycles. The van der Waals surface area contributed by atoms with Crippen LogP contribution < -0.4 is 16.0 Å². The Kier molecular flexibility index (Phi) is 8.38. The molecule has 0 spiro atoms. The molecule has 0 heterocycles. The van der Waals surface area contributed by atoms with Crippen LogP contribution in [0.3, 0.4) is 0 Å². The highest BCUT2D eigenvalue weighted by Crippen LogP contribution is 2.19. The first kappa shape index (κ1) is 24.1. The number of hydrogen-bond acceptors (Lipinski definition) is 4. The first-order valence-electron chi connectivity index (χ1n) is 9.63. The molecule has 0 fully saturated rings. The summed E-state index contributed by atoms with van der Waals surface area (Å²) in [6, 6.07) is 10.9. The number of amides is 3. The highest BCUT2D eigenvalue weighted by Gasteiger charge is 2.16. The molecule has 3 amide bonds. The zero-order valence-corrected chi connectivity index (χ0v) is 18.3. The topological polar surface area (TPSA) is 96.5 Å². The Morgan fingerprint density at radius 3 is 2.45 bits per heavy atom. The lowest BCUT2D eigenvalue weighted by Crippen LogP contribution is -2.34. The van der Waals surface area contributed by atoms with Crippen molar-refractivity contribution in [1.29, 1.82) is 0 Å². The Morgan fingerprint density at radius 2 is 1.77 bits per heavy atom. The summed E-state index contributed by atoms with van der Waals surface area (Å²) >= 11 is 5.90. The van der Waals surface area contributed by atoms with Crippen molar-refractivity contribution in [2.45, 2.75) is 39.3 Å². The van der Waals surface area contributed by atoms with Gasteiger partial charge in [0.1, 0.15) is 11.4 Å². The van der Waals surface area contributed by atoms with Gasteiger partial charge in [-0.15, -0.1) is 0 Å². The van der Waals surface area contributed by atoms with Crippen LogP contribution in [0.1, 0.15) is 43.1 Å². The minimum Gasteiger partial charge on any atom is -0.444 e. The third kappa shape index (κ3) is 8.25. The van der Waals surface area contributed by atoms with Crippen molar-refractivity contribution in [2.75, 3.05) is 11.9 Å². The maximum Gasteiger partial charge on any atom is 0.407 e. The van der Waals surface area contributed by atoms with Crippen molar-refractivity contribution in [2.24, 2.45) is 0 Å². The van der Waals surface area contributed by atoms with Crippen molar-refractivity contribution >= 4 is 35.2 Å². The fraction of sp³-hybridized carbons (Fsp3) is 0.318. The monoisotopic (exact) mass is 449 g/mol. The third-order valence-corrected chi connectivity index (χ3v) is 4.19. The van der Waals surface area contributed by atoms with Crippen LogP contribution in [0.15, 0.2) is 42.5 Å². The second-order valence-electron chi connectivity index (χ2n) is 7.71. The predicted molar refractivity (Wildman–Crippen MR) is 117 cm³/mol. The molecule has 0 bridgehead atoms. The van der Waals surface area contributed by atoms with Gasteiger partial charge in [0.15, 0.2) is 0 Å². The summed E-state index contributed by atoms with van der Waals surface area (Å²) in [5.74, 6) is -1.63. The van der Waals surface area contributed by atoms with Gasteiger partial charge in [-0.3, -0.25) is 9.59 Å². The van der Waals surface area contributed by atoms with E-state index >= 15 is 0 Å². The molecule has 0 saturated carbocycles. The largest absolute Gasteiger partial charge is 0.444 e. The lowest BCUT2D eigenvalue weighted by Gasteiger charge is -2.19. The minimum absolute atomic E-state index is 0.0264. The zero-order chi connectivity index (χ0) is 23.0. The molecule has 7 nitrogen and oxygen atoms in total. The summed E-state index contributed by atoms with van der Waals surface area (Å²) < 4.78 is 18.9. The molecule has 0 aliphatic rings. The maximum absolute atomic E-state index is 13.8. The van der Waals surface area contributed by atoms with E-state index in [-0.39, 0.29) is 36.0 Å². The molecule has 31 heavy (non-hydrogen) atoms. The van der Waals surface area contributed by atoms with Gasteiger partial charge in [0.2, 0.25) is 5.91 Å². The fourth-order valence-electron chi connectivity index (χ4n) is 2.56. The summed E-state index contributed by atoms with van der Waals surface area (Å²) in [5.41, 5.74) is 0.398. The number of hydrogen-bond donors (Lipinski definition) is 3. The van der Waals surface area contributed by atoms with Crippen molar-refractivity contribution < 1.29 is 23.5 Å². The number of alkyl carbamates (subject to hydrolysis) is 1. The molecule has 166 valence electrons. The van der Waals surface area contributed by atoms with Crippen LogP contribution in [0.5, 0.6) is 0 Å². The number of anilines is 1. The van der Waals surface area contributed by atoms with Crippen LogP contribution in [0.4, 0.5) is 14.9 Å². The van der Waals surface area contributed by atoms with Gasteiger partial charge in [-0.2, -0.15) is 0 Å². The van der Waals surface area contributed by atoms with Crippen molar-refractivity contribution in [3.63, 3.8) is 0 Å². The van der Waals surface area contributed by atoms with E-state index in [1.54, 1.807) is 45.0 Å². The van der Waals surface area contributed by atoms with Gasteiger partial charge < -0.3 is 20.7 Å². The predicted octanol–water partition coefficient (Wildman–Crippen LogP) is 4.26. The van der Waals surface area contributed by atoms with E-state index < -0.39 is 23.4 Å². The van der Waals surface area contributed by atoms with Gasteiger partial charge in [0.05, 0.1) is 10.6 Å². The quantitative estimate of drug-likeness (QED) is 0.588. The molecule has 2 aromatic rings. The average molecular weight is 450 g/mol. The van der Waals surface area contributed by atoms with E-state index in [1.807, 2.05) is 0 Å². The first-order chi connectivity index (χ1) is 14.5. The Balaban J connectivity index is 1.84. The van der Waals surface area contributed by atoms with E-state index in [1.165, 1.54) is 12.1 Å². The number of carbonyl (C=O) groups excluding carboxylic acids is 3. The highest BCUT2D eigenvalue weighted by molar-refractivity contribution is 6.33. The molecule has 2 aromatic carbocycles. The SMILES string of the molecule is CC(C)(C)OC(=O)NCCC(=O)Nc1cccc(CNC(=O)c2c(F)cccc2Cl)c1.